The summed E-state index contributed by atoms with van der Waals surface area (Å²) in [5.74, 6) is 0.815. The van der Waals surface area contributed by atoms with Gasteiger partial charge < -0.3 is 14.5 Å². The standard InChI is InChI=1S/C24H28F3N7O/c1-2-17-21-22(34(31-17)20-5-3-4-10-35-20)30-19(12-29-21)32-9-7-23(13-32)14-33(15-23)16-6-8-28-18(11-16)24(25,26)27/h6,8,11-12,20H,2-5,7,9-10,13-15H2,1H3. The molecule has 6 rings (SSSR count). The molecule has 1 unspecified atom stereocenters. The molecule has 8 nitrogen and oxygen atoms in total. The molecular formula is C24H28F3N7O. The quantitative estimate of drug-likeness (QED) is 0.546. The lowest BCUT2D eigenvalue weighted by atomic mass is 9.79. The van der Waals surface area contributed by atoms with Crippen molar-refractivity contribution in [1.82, 2.24) is 24.7 Å². The van der Waals surface area contributed by atoms with Crippen LogP contribution < -0.4 is 9.80 Å². The van der Waals surface area contributed by atoms with E-state index in [1.807, 2.05) is 15.8 Å². The maximum atomic E-state index is 13.1. The topological polar surface area (TPSA) is 72.2 Å². The highest BCUT2D eigenvalue weighted by atomic mass is 19.4. The van der Waals surface area contributed by atoms with Crippen molar-refractivity contribution in [2.45, 2.75) is 51.4 Å². The third kappa shape index (κ3) is 3.99. The SMILES string of the molecule is CCc1nn(C2CCCCO2)c2nc(N3CCC4(CN(c5ccnc(C(F)(F)F)c5)C4)C3)cnc12. The van der Waals surface area contributed by atoms with Crippen LogP contribution in [0.2, 0.25) is 0 Å². The average Bonchev–Trinajstić information content (AvgIpc) is 3.45. The summed E-state index contributed by atoms with van der Waals surface area (Å²) in [4.78, 5) is 17.4. The van der Waals surface area contributed by atoms with E-state index in [4.69, 9.17) is 19.8 Å². The first-order chi connectivity index (χ1) is 16.9. The predicted octanol–water partition coefficient (Wildman–Crippen LogP) is 4.22. The van der Waals surface area contributed by atoms with Gasteiger partial charge in [0.25, 0.3) is 0 Å². The van der Waals surface area contributed by atoms with Crippen molar-refractivity contribution in [3.05, 3.63) is 35.9 Å². The fourth-order valence-corrected chi connectivity index (χ4v) is 5.57. The van der Waals surface area contributed by atoms with Gasteiger partial charge in [0.2, 0.25) is 0 Å². The van der Waals surface area contributed by atoms with Crippen LogP contribution in [0.25, 0.3) is 11.2 Å². The molecule has 186 valence electrons. The van der Waals surface area contributed by atoms with Gasteiger partial charge in [0.05, 0.1) is 11.9 Å². The molecule has 35 heavy (non-hydrogen) atoms. The molecule has 0 N–H and O–H groups in total. The largest absolute Gasteiger partial charge is 0.433 e. The Morgan fingerprint density at radius 1 is 1.14 bits per heavy atom. The lowest BCUT2D eigenvalue weighted by Crippen LogP contribution is -2.57. The second-order valence-corrected chi connectivity index (χ2v) is 9.89. The smallest absolute Gasteiger partial charge is 0.370 e. The summed E-state index contributed by atoms with van der Waals surface area (Å²) in [5.41, 5.74) is 2.28. The van der Waals surface area contributed by atoms with Crippen LogP contribution in [0.4, 0.5) is 24.7 Å². The first kappa shape index (κ1) is 22.5. The summed E-state index contributed by atoms with van der Waals surface area (Å²) < 4.78 is 47.0. The molecule has 0 amide bonds. The Kier molecular flexibility index (Phi) is 5.35. The second kappa shape index (κ2) is 8.32. The first-order valence-corrected chi connectivity index (χ1v) is 12.2. The second-order valence-electron chi connectivity index (χ2n) is 9.89. The molecule has 3 aliphatic rings. The molecule has 11 heteroatoms. The van der Waals surface area contributed by atoms with Crippen molar-refractivity contribution < 1.29 is 17.9 Å². The molecule has 0 saturated carbocycles. The van der Waals surface area contributed by atoms with Crippen LogP contribution in [-0.4, -0.2) is 57.5 Å². The highest BCUT2D eigenvalue weighted by Crippen LogP contribution is 2.43. The molecule has 3 aliphatic heterocycles. The number of ether oxygens (including phenoxy) is 1. The number of hydrogen-bond acceptors (Lipinski definition) is 7. The van der Waals surface area contributed by atoms with Crippen LogP contribution in [0.3, 0.4) is 0 Å². The van der Waals surface area contributed by atoms with Gasteiger partial charge in [-0.2, -0.15) is 18.3 Å². The summed E-state index contributed by atoms with van der Waals surface area (Å²) in [7, 11) is 0. The van der Waals surface area contributed by atoms with E-state index in [0.29, 0.717) is 18.8 Å². The fourth-order valence-electron chi connectivity index (χ4n) is 5.57. The van der Waals surface area contributed by atoms with Crippen molar-refractivity contribution in [3.8, 4) is 0 Å². The Morgan fingerprint density at radius 3 is 2.71 bits per heavy atom. The highest BCUT2D eigenvalue weighted by Gasteiger charge is 2.48. The summed E-state index contributed by atoms with van der Waals surface area (Å²) in [6.45, 7) is 5.87. The van der Waals surface area contributed by atoms with Crippen molar-refractivity contribution in [3.63, 3.8) is 0 Å². The van der Waals surface area contributed by atoms with Gasteiger partial charge in [-0.25, -0.2) is 14.6 Å². The van der Waals surface area contributed by atoms with E-state index in [0.717, 1.165) is 80.5 Å². The number of hydrogen-bond donors (Lipinski definition) is 0. The van der Waals surface area contributed by atoms with Crippen LogP contribution >= 0.6 is 0 Å². The lowest BCUT2D eigenvalue weighted by molar-refractivity contribution is -0.141. The molecular weight excluding hydrogens is 459 g/mol. The number of anilines is 2. The number of aromatic nitrogens is 5. The number of nitrogens with zero attached hydrogens (tertiary/aromatic N) is 7. The molecule has 0 radical (unpaired) electrons. The molecule has 0 bridgehead atoms. The van der Waals surface area contributed by atoms with Gasteiger partial charge >= 0.3 is 6.18 Å². The minimum atomic E-state index is -4.44. The van der Waals surface area contributed by atoms with Gasteiger partial charge in [-0.1, -0.05) is 6.92 Å². The number of rotatable bonds is 4. The van der Waals surface area contributed by atoms with Gasteiger partial charge in [-0.15, -0.1) is 0 Å². The van der Waals surface area contributed by atoms with Crippen molar-refractivity contribution in [2.24, 2.45) is 5.41 Å². The Labute approximate surface area is 201 Å². The van der Waals surface area contributed by atoms with Gasteiger partial charge in [0, 0.05) is 50.1 Å². The normalized spacial score (nSPS) is 22.2. The van der Waals surface area contributed by atoms with Crippen LogP contribution in [0.1, 0.15) is 50.2 Å². The molecule has 3 fully saturated rings. The molecule has 3 aromatic heterocycles. The highest BCUT2D eigenvalue weighted by molar-refractivity contribution is 5.75. The lowest BCUT2D eigenvalue weighted by Gasteiger charge is -2.49. The molecule has 3 aromatic rings. The zero-order valence-electron chi connectivity index (χ0n) is 19.6. The number of pyridine rings is 1. The van der Waals surface area contributed by atoms with E-state index in [-0.39, 0.29) is 11.6 Å². The minimum absolute atomic E-state index is 0.0413. The number of aryl methyl sites for hydroxylation is 1. The summed E-state index contributed by atoms with van der Waals surface area (Å²) in [6, 6.07) is 2.78. The molecule has 3 saturated heterocycles. The molecule has 0 aliphatic carbocycles. The Hall–Kier alpha value is -2.95. The average molecular weight is 488 g/mol. The third-order valence-corrected chi connectivity index (χ3v) is 7.44. The molecule has 1 atom stereocenters. The van der Waals surface area contributed by atoms with Gasteiger partial charge in [0.1, 0.15) is 17.0 Å². The van der Waals surface area contributed by atoms with Crippen LogP contribution in [0, 0.1) is 5.41 Å². The maximum absolute atomic E-state index is 13.1. The summed E-state index contributed by atoms with van der Waals surface area (Å²) in [6.07, 6.45) is 3.34. The van der Waals surface area contributed by atoms with E-state index in [9.17, 15) is 13.2 Å². The maximum Gasteiger partial charge on any atom is 0.433 e. The van der Waals surface area contributed by atoms with Crippen LogP contribution in [-0.2, 0) is 17.3 Å². The van der Waals surface area contributed by atoms with Crippen molar-refractivity contribution >= 4 is 22.7 Å². The number of alkyl halides is 3. The monoisotopic (exact) mass is 487 g/mol. The van der Waals surface area contributed by atoms with E-state index in [2.05, 4.69) is 16.8 Å². The summed E-state index contributed by atoms with van der Waals surface area (Å²) >= 11 is 0. The third-order valence-electron chi connectivity index (χ3n) is 7.44. The van der Waals surface area contributed by atoms with Gasteiger partial charge in [-0.3, -0.25) is 4.98 Å². The Balaban J connectivity index is 1.20. The number of halogens is 3. The van der Waals surface area contributed by atoms with E-state index in [1.54, 1.807) is 6.07 Å². The van der Waals surface area contributed by atoms with Gasteiger partial charge in [-0.05, 0) is 44.2 Å². The molecule has 0 aromatic carbocycles. The van der Waals surface area contributed by atoms with E-state index >= 15 is 0 Å². The predicted molar refractivity (Wildman–Crippen MR) is 124 cm³/mol. The van der Waals surface area contributed by atoms with Crippen LogP contribution in [0.5, 0.6) is 0 Å². The zero-order chi connectivity index (χ0) is 24.2. The zero-order valence-corrected chi connectivity index (χ0v) is 19.6. The molecule has 6 heterocycles. The summed E-state index contributed by atoms with van der Waals surface area (Å²) in [5, 5.41) is 4.78. The van der Waals surface area contributed by atoms with E-state index < -0.39 is 11.9 Å². The molecule has 1 spiro atoms. The van der Waals surface area contributed by atoms with Crippen molar-refractivity contribution in [2.75, 3.05) is 42.6 Å². The van der Waals surface area contributed by atoms with Crippen LogP contribution in [0.15, 0.2) is 24.5 Å². The minimum Gasteiger partial charge on any atom is -0.370 e. The number of fused-ring (bicyclic) bond motifs is 1. The first-order valence-electron chi connectivity index (χ1n) is 12.2. The van der Waals surface area contributed by atoms with Gasteiger partial charge in [0.15, 0.2) is 11.9 Å². The van der Waals surface area contributed by atoms with Crippen molar-refractivity contribution in [1.29, 1.82) is 0 Å². The Bertz CT molecular complexity index is 1230. The Morgan fingerprint density at radius 2 is 1.97 bits per heavy atom. The fraction of sp³-hybridized carbons (Fsp3) is 0.583. The van der Waals surface area contributed by atoms with E-state index in [1.165, 1.54) is 6.20 Å².